The van der Waals surface area contributed by atoms with Gasteiger partial charge in [-0.2, -0.15) is 0 Å². The third kappa shape index (κ3) is 4.51. The second kappa shape index (κ2) is 8.69. The SMILES string of the molecule is O=C(NNc1ncnc(N2CCC(C(=O)O)CC2)c1[N+](=O)[O-])c1ccccc1Cl. The maximum atomic E-state index is 12.3. The first kappa shape index (κ1) is 20.3. The monoisotopic (exact) mass is 420 g/mol. The maximum Gasteiger partial charge on any atom is 0.355 e. The third-order valence-electron chi connectivity index (χ3n) is 4.54. The fraction of sp³-hybridized carbons (Fsp3) is 0.294. The third-order valence-corrected chi connectivity index (χ3v) is 4.87. The van der Waals surface area contributed by atoms with E-state index in [4.69, 9.17) is 16.7 Å². The predicted molar refractivity (Wildman–Crippen MR) is 104 cm³/mol. The molecule has 0 atom stereocenters. The number of aromatic nitrogens is 2. The van der Waals surface area contributed by atoms with Crippen molar-refractivity contribution in [1.29, 1.82) is 0 Å². The Hall–Kier alpha value is -3.47. The number of nitro groups is 1. The first-order valence-corrected chi connectivity index (χ1v) is 9.04. The first-order valence-electron chi connectivity index (χ1n) is 8.66. The Morgan fingerprint density at radius 2 is 1.93 bits per heavy atom. The molecule has 0 radical (unpaired) electrons. The molecule has 152 valence electrons. The molecule has 0 unspecified atom stereocenters. The lowest BCUT2D eigenvalue weighted by atomic mass is 9.97. The summed E-state index contributed by atoms with van der Waals surface area (Å²) in [7, 11) is 0. The number of aliphatic carboxylic acids is 1. The Morgan fingerprint density at radius 3 is 2.55 bits per heavy atom. The van der Waals surface area contributed by atoms with Gasteiger partial charge in [-0.1, -0.05) is 23.7 Å². The van der Waals surface area contributed by atoms with Crippen molar-refractivity contribution in [3.05, 3.63) is 51.3 Å². The molecule has 29 heavy (non-hydrogen) atoms. The van der Waals surface area contributed by atoms with Crippen molar-refractivity contribution in [1.82, 2.24) is 15.4 Å². The summed E-state index contributed by atoms with van der Waals surface area (Å²) in [4.78, 5) is 43.9. The number of carboxylic acids is 1. The van der Waals surface area contributed by atoms with E-state index in [-0.39, 0.29) is 22.2 Å². The van der Waals surface area contributed by atoms with Crippen LogP contribution >= 0.6 is 11.6 Å². The molecule has 1 fully saturated rings. The summed E-state index contributed by atoms with van der Waals surface area (Å²) in [6, 6.07) is 6.35. The molecule has 3 N–H and O–H groups in total. The largest absolute Gasteiger partial charge is 0.481 e. The number of hydrogen-bond donors (Lipinski definition) is 3. The minimum absolute atomic E-state index is 0.0586. The lowest BCUT2D eigenvalue weighted by molar-refractivity contribution is -0.383. The Labute approximate surface area is 169 Å². The van der Waals surface area contributed by atoms with Crippen LogP contribution in [0, 0.1) is 16.0 Å². The Balaban J connectivity index is 1.79. The molecule has 1 aliphatic heterocycles. The van der Waals surface area contributed by atoms with Crippen LogP contribution in [0.25, 0.3) is 0 Å². The highest BCUT2D eigenvalue weighted by Gasteiger charge is 2.31. The summed E-state index contributed by atoms with van der Waals surface area (Å²) >= 11 is 5.97. The fourth-order valence-corrected chi connectivity index (χ4v) is 3.25. The molecule has 12 heteroatoms. The van der Waals surface area contributed by atoms with Crippen molar-refractivity contribution in [2.75, 3.05) is 23.4 Å². The van der Waals surface area contributed by atoms with Gasteiger partial charge in [-0.3, -0.25) is 30.6 Å². The molecule has 1 aromatic heterocycles. The molecule has 1 aromatic carbocycles. The van der Waals surface area contributed by atoms with Gasteiger partial charge in [0.25, 0.3) is 5.91 Å². The number of nitrogens with zero attached hydrogens (tertiary/aromatic N) is 4. The molecule has 1 saturated heterocycles. The van der Waals surface area contributed by atoms with Gasteiger partial charge in [0.15, 0.2) is 0 Å². The molecular formula is C17H17ClN6O5. The average Bonchev–Trinajstić information content (AvgIpc) is 2.72. The lowest BCUT2D eigenvalue weighted by Gasteiger charge is -2.30. The smallest absolute Gasteiger partial charge is 0.355 e. The van der Waals surface area contributed by atoms with E-state index in [1.54, 1.807) is 23.1 Å². The first-order chi connectivity index (χ1) is 13.9. The van der Waals surface area contributed by atoms with Gasteiger partial charge in [0.05, 0.1) is 21.4 Å². The van der Waals surface area contributed by atoms with Crippen LogP contribution in [0.2, 0.25) is 5.02 Å². The van der Waals surface area contributed by atoms with Crippen LogP contribution in [-0.2, 0) is 4.79 Å². The molecule has 2 heterocycles. The van der Waals surface area contributed by atoms with E-state index >= 15 is 0 Å². The lowest BCUT2D eigenvalue weighted by Crippen LogP contribution is -2.37. The van der Waals surface area contributed by atoms with E-state index in [1.165, 1.54) is 6.07 Å². The van der Waals surface area contributed by atoms with Crippen LogP contribution in [0.4, 0.5) is 17.3 Å². The predicted octanol–water partition coefficient (Wildman–Crippen LogP) is 2.10. The molecule has 1 amide bonds. The van der Waals surface area contributed by atoms with Crippen molar-refractivity contribution < 1.29 is 19.6 Å². The minimum Gasteiger partial charge on any atom is -0.481 e. The molecule has 0 spiro atoms. The number of hydrazine groups is 1. The highest BCUT2D eigenvalue weighted by molar-refractivity contribution is 6.33. The number of halogens is 1. The molecular weight excluding hydrogens is 404 g/mol. The second-order valence-electron chi connectivity index (χ2n) is 6.31. The normalized spacial score (nSPS) is 14.3. The zero-order chi connectivity index (χ0) is 21.0. The molecule has 3 rings (SSSR count). The number of hydrogen-bond acceptors (Lipinski definition) is 8. The van der Waals surface area contributed by atoms with Crippen LogP contribution in [0.1, 0.15) is 23.2 Å². The molecule has 0 aliphatic carbocycles. The number of nitrogens with one attached hydrogen (secondary N) is 2. The minimum atomic E-state index is -0.883. The van der Waals surface area contributed by atoms with Gasteiger partial charge in [0.1, 0.15) is 6.33 Å². The van der Waals surface area contributed by atoms with E-state index in [0.717, 1.165) is 6.33 Å². The van der Waals surface area contributed by atoms with Crippen molar-refractivity contribution in [3.8, 4) is 0 Å². The maximum absolute atomic E-state index is 12.3. The van der Waals surface area contributed by atoms with Gasteiger partial charge in [-0.05, 0) is 25.0 Å². The van der Waals surface area contributed by atoms with E-state index in [1.807, 2.05) is 0 Å². The van der Waals surface area contributed by atoms with E-state index in [9.17, 15) is 19.7 Å². The summed E-state index contributed by atoms with van der Waals surface area (Å²) in [5.41, 5.74) is 4.57. The van der Waals surface area contributed by atoms with E-state index < -0.39 is 28.4 Å². The van der Waals surface area contributed by atoms with Gasteiger partial charge >= 0.3 is 11.7 Å². The number of amides is 1. The molecule has 11 nitrogen and oxygen atoms in total. The number of rotatable bonds is 6. The summed E-state index contributed by atoms with van der Waals surface area (Å²) < 4.78 is 0. The van der Waals surface area contributed by atoms with Crippen LogP contribution in [0.15, 0.2) is 30.6 Å². The van der Waals surface area contributed by atoms with Crippen LogP contribution in [0.5, 0.6) is 0 Å². The Morgan fingerprint density at radius 1 is 1.24 bits per heavy atom. The molecule has 0 saturated carbocycles. The van der Waals surface area contributed by atoms with Gasteiger partial charge in [0.2, 0.25) is 11.6 Å². The quantitative estimate of drug-likeness (QED) is 0.471. The molecule has 0 bridgehead atoms. The number of anilines is 2. The van der Waals surface area contributed by atoms with Gasteiger partial charge in [-0.25, -0.2) is 9.97 Å². The van der Waals surface area contributed by atoms with Gasteiger partial charge < -0.3 is 10.0 Å². The van der Waals surface area contributed by atoms with E-state index in [0.29, 0.717) is 25.9 Å². The Bertz CT molecular complexity index is 948. The topological polar surface area (TPSA) is 151 Å². The second-order valence-corrected chi connectivity index (χ2v) is 6.72. The van der Waals surface area contributed by atoms with Crippen molar-refractivity contribution >= 4 is 40.8 Å². The average molecular weight is 421 g/mol. The standard InChI is InChI=1S/C17H17ClN6O5/c18-12-4-2-1-3-11(12)16(25)22-21-14-13(24(28)29)15(20-9-19-14)23-7-5-10(6-8-23)17(26)27/h1-4,9-10H,5-8H2,(H,22,25)(H,26,27)(H,19,20,21). The zero-order valence-corrected chi connectivity index (χ0v) is 15.8. The highest BCUT2D eigenvalue weighted by atomic mass is 35.5. The van der Waals surface area contributed by atoms with Crippen LogP contribution < -0.4 is 15.8 Å². The number of carbonyl (C=O) groups excluding carboxylic acids is 1. The highest BCUT2D eigenvalue weighted by Crippen LogP contribution is 2.33. The zero-order valence-electron chi connectivity index (χ0n) is 15.0. The number of carboxylic acid groups (broad SMARTS) is 1. The van der Waals surface area contributed by atoms with Gasteiger partial charge in [0, 0.05) is 13.1 Å². The summed E-state index contributed by atoms with van der Waals surface area (Å²) in [5, 5.41) is 21.0. The summed E-state index contributed by atoms with van der Waals surface area (Å²) in [5.74, 6) is -2.09. The molecule has 2 aromatic rings. The summed E-state index contributed by atoms with van der Waals surface area (Å²) in [6.45, 7) is 0.612. The fourth-order valence-electron chi connectivity index (χ4n) is 3.03. The van der Waals surface area contributed by atoms with E-state index in [2.05, 4.69) is 20.8 Å². The van der Waals surface area contributed by atoms with Gasteiger partial charge in [-0.15, -0.1) is 0 Å². The van der Waals surface area contributed by atoms with Crippen molar-refractivity contribution in [3.63, 3.8) is 0 Å². The number of carbonyl (C=O) groups is 2. The number of benzene rings is 1. The van der Waals surface area contributed by atoms with Crippen LogP contribution in [0.3, 0.4) is 0 Å². The molecule has 1 aliphatic rings. The summed E-state index contributed by atoms with van der Waals surface area (Å²) in [6.07, 6.45) is 1.83. The van der Waals surface area contributed by atoms with Crippen molar-refractivity contribution in [2.45, 2.75) is 12.8 Å². The van der Waals surface area contributed by atoms with Crippen molar-refractivity contribution in [2.24, 2.45) is 5.92 Å². The Kier molecular flexibility index (Phi) is 6.07. The number of piperidine rings is 1. The van der Waals surface area contributed by atoms with Crippen LogP contribution in [-0.4, -0.2) is 45.0 Å².